The van der Waals surface area contributed by atoms with E-state index in [1.54, 1.807) is 13.8 Å². The van der Waals surface area contributed by atoms with Gasteiger partial charge in [0.2, 0.25) is 0 Å². The molecule has 0 radical (unpaired) electrons. The van der Waals surface area contributed by atoms with Crippen LogP contribution in [0.1, 0.15) is 27.2 Å². The van der Waals surface area contributed by atoms with E-state index in [2.05, 4.69) is 0 Å². The van der Waals surface area contributed by atoms with Crippen LogP contribution in [0.2, 0.25) is 0 Å². The van der Waals surface area contributed by atoms with E-state index < -0.39 is 39.2 Å². The fourth-order valence-electron chi connectivity index (χ4n) is 0.840. The zero-order valence-corrected chi connectivity index (χ0v) is 12.9. The van der Waals surface area contributed by atoms with Crippen LogP contribution in [-0.4, -0.2) is 51.8 Å². The fourth-order valence-corrected chi connectivity index (χ4v) is 3.93. The molecule has 0 aromatic rings. The van der Waals surface area contributed by atoms with Crippen molar-refractivity contribution in [2.45, 2.75) is 27.2 Å². The molecule has 0 aromatic heterocycles. The van der Waals surface area contributed by atoms with Gasteiger partial charge in [0.05, 0.1) is 0 Å². The predicted molar refractivity (Wildman–Crippen MR) is 56.8 cm³/mol. The molecular weight excluding hydrogens is 323 g/mol. The normalized spacial score (nSPS) is 10.2. The van der Waals surface area contributed by atoms with Gasteiger partial charge in [-0.05, 0) is 0 Å². The molecule has 0 amide bonds. The van der Waals surface area contributed by atoms with Gasteiger partial charge in [-0.3, -0.25) is 0 Å². The third-order valence-electron chi connectivity index (χ3n) is 1.45. The molecule has 0 fully saturated rings. The van der Waals surface area contributed by atoms with Gasteiger partial charge >= 0.3 is 103 Å². The van der Waals surface area contributed by atoms with Gasteiger partial charge in [0.25, 0.3) is 0 Å². The summed E-state index contributed by atoms with van der Waals surface area (Å²) in [4.78, 5) is 33.0. The van der Waals surface area contributed by atoms with Gasteiger partial charge in [0, 0.05) is 0 Å². The number of hydrogen-bond acceptors (Lipinski definition) is 6. The zero-order chi connectivity index (χ0) is 12.6. The Labute approximate surface area is 103 Å². The van der Waals surface area contributed by atoms with E-state index in [1.165, 1.54) is 6.92 Å². The Balaban J connectivity index is 4.16. The van der Waals surface area contributed by atoms with Crippen molar-refractivity contribution in [2.75, 3.05) is 13.2 Å². The summed E-state index contributed by atoms with van der Waals surface area (Å²) in [6.07, 6.45) is -0.435. The molecule has 0 aliphatic rings. The number of ketones is 2. The van der Waals surface area contributed by atoms with Crippen molar-refractivity contribution in [3.63, 3.8) is 0 Å². The molecule has 0 unspecified atom stereocenters. The molecule has 0 aliphatic heterocycles. The molecular formula is C9H16O6Sn. The van der Waals surface area contributed by atoms with Crippen LogP contribution in [0.4, 0.5) is 0 Å². The van der Waals surface area contributed by atoms with Crippen molar-refractivity contribution in [3.8, 4) is 0 Å². The molecule has 0 N–H and O–H groups in total. The summed E-state index contributed by atoms with van der Waals surface area (Å²) in [5, 5.41) is 0. The van der Waals surface area contributed by atoms with Gasteiger partial charge in [-0.2, -0.15) is 0 Å². The summed E-state index contributed by atoms with van der Waals surface area (Å²) >= 11 is -3.28. The minimum atomic E-state index is -3.28. The predicted octanol–water partition coefficient (Wildman–Crippen LogP) is -0.132. The first-order valence-electron chi connectivity index (χ1n) is 4.97. The monoisotopic (exact) mass is 340 g/mol. The van der Waals surface area contributed by atoms with Crippen molar-refractivity contribution in [3.05, 3.63) is 0 Å². The van der Waals surface area contributed by atoms with E-state index in [4.69, 9.17) is 9.22 Å². The number of hydrogen-bond donors (Lipinski definition) is 0. The third-order valence-corrected chi connectivity index (χ3v) is 6.06. The first-order valence-corrected chi connectivity index (χ1v) is 9.01. The molecule has 0 aliphatic carbocycles. The van der Waals surface area contributed by atoms with E-state index in [0.29, 0.717) is 13.2 Å². The Morgan fingerprint density at radius 1 is 1.06 bits per heavy atom. The van der Waals surface area contributed by atoms with Crippen LogP contribution in [0.25, 0.3) is 0 Å². The van der Waals surface area contributed by atoms with Crippen LogP contribution < -0.4 is 0 Å². The van der Waals surface area contributed by atoms with Gasteiger partial charge in [0.15, 0.2) is 0 Å². The van der Waals surface area contributed by atoms with E-state index in [9.17, 15) is 14.4 Å². The number of Topliss-reactive ketones (excluding diaryl/α,β-unsaturated/α-hetero) is 2. The minimum absolute atomic E-state index is 0.370. The second-order valence-electron chi connectivity index (χ2n) is 2.91. The van der Waals surface area contributed by atoms with Crippen molar-refractivity contribution in [1.82, 2.24) is 0 Å². The molecule has 0 spiro atoms. The summed E-state index contributed by atoms with van der Waals surface area (Å²) in [6, 6.07) is 0. The van der Waals surface area contributed by atoms with E-state index in [-0.39, 0.29) is 5.78 Å². The number of carbonyl (C=O) groups excluding carboxylic acids is 3. The summed E-state index contributed by atoms with van der Waals surface area (Å²) in [5.41, 5.74) is 0. The molecule has 0 saturated carbocycles. The van der Waals surface area contributed by atoms with Crippen LogP contribution in [0.15, 0.2) is 0 Å². The van der Waals surface area contributed by atoms with Crippen LogP contribution >= 0.6 is 0 Å². The summed E-state index contributed by atoms with van der Waals surface area (Å²) in [7, 11) is 0. The van der Waals surface area contributed by atoms with Crippen LogP contribution in [-0.2, 0) is 23.6 Å². The molecule has 0 atom stereocenters. The number of rotatable bonds is 8. The molecule has 92 valence electrons. The first kappa shape index (κ1) is 15.5. The van der Waals surface area contributed by atoms with Gasteiger partial charge < -0.3 is 0 Å². The van der Waals surface area contributed by atoms with E-state index in [1.807, 2.05) is 0 Å². The second kappa shape index (κ2) is 8.65. The standard InChI is InChI=1S/C5H6O4.2C2H5O.Sn.H/c1-3(6)2-4(7)5(8)9;2*1-2-3;;/h2H2,1H3,(H,8,9);2*2H2,1H3;;/q;2*-1;+3;/p-1. The number of carbonyl (C=O) groups is 3. The van der Waals surface area contributed by atoms with Gasteiger partial charge in [-0.25, -0.2) is 0 Å². The molecule has 0 saturated heterocycles. The summed E-state index contributed by atoms with van der Waals surface area (Å²) < 4.78 is 15.1. The Hall–Kier alpha value is -0.471. The Bertz CT molecular complexity index is 259. The van der Waals surface area contributed by atoms with E-state index >= 15 is 0 Å². The Morgan fingerprint density at radius 2 is 1.56 bits per heavy atom. The van der Waals surface area contributed by atoms with Gasteiger partial charge in [-0.15, -0.1) is 0 Å². The molecule has 0 rings (SSSR count). The third kappa shape index (κ3) is 6.91. The average Bonchev–Trinajstić information content (AvgIpc) is 2.17. The summed E-state index contributed by atoms with van der Waals surface area (Å²) in [5.74, 6) is -2.26. The Kier molecular flexibility index (Phi) is 8.40. The molecule has 0 heterocycles. The molecule has 7 heteroatoms. The first-order chi connectivity index (χ1) is 7.51. The van der Waals surface area contributed by atoms with Crippen molar-refractivity contribution in [1.29, 1.82) is 0 Å². The van der Waals surface area contributed by atoms with E-state index in [0.717, 1.165) is 0 Å². The summed E-state index contributed by atoms with van der Waals surface area (Å²) in [6.45, 7) is 5.46. The second-order valence-corrected chi connectivity index (χ2v) is 7.13. The van der Waals surface area contributed by atoms with Crippen LogP contribution in [0.5, 0.6) is 0 Å². The van der Waals surface area contributed by atoms with Crippen molar-refractivity contribution < 1.29 is 23.6 Å². The molecule has 0 bridgehead atoms. The van der Waals surface area contributed by atoms with Gasteiger partial charge in [0.1, 0.15) is 0 Å². The molecule has 16 heavy (non-hydrogen) atoms. The zero-order valence-electron chi connectivity index (χ0n) is 9.65. The molecule has 0 aromatic carbocycles. The fraction of sp³-hybridized carbons (Fsp3) is 0.667. The van der Waals surface area contributed by atoms with Crippen molar-refractivity contribution in [2.24, 2.45) is 0 Å². The average molecular weight is 339 g/mol. The quantitative estimate of drug-likeness (QED) is 0.348. The maximum atomic E-state index is 11.2. The topological polar surface area (TPSA) is 78.9 Å². The van der Waals surface area contributed by atoms with Crippen LogP contribution in [0, 0.1) is 0 Å². The van der Waals surface area contributed by atoms with Gasteiger partial charge in [-0.1, -0.05) is 0 Å². The Morgan fingerprint density at radius 3 is 1.94 bits per heavy atom. The van der Waals surface area contributed by atoms with Crippen LogP contribution in [0.3, 0.4) is 0 Å². The van der Waals surface area contributed by atoms with Crippen molar-refractivity contribution >= 4 is 38.5 Å². The maximum absolute atomic E-state index is 11.2. The SMILES string of the molecule is CC[O][SnH]([O]CC)[O]C(=O)C(=O)CC(C)=O. The molecule has 6 nitrogen and oxygen atoms in total.